The van der Waals surface area contributed by atoms with Crippen LogP contribution in [0.1, 0.15) is 12.0 Å². The summed E-state index contributed by atoms with van der Waals surface area (Å²) in [6, 6.07) is 7.77. The van der Waals surface area contributed by atoms with Crippen LogP contribution < -0.4 is 10.2 Å². The minimum Gasteiger partial charge on any atom is -0.355 e. The van der Waals surface area contributed by atoms with Crippen molar-refractivity contribution in [1.29, 1.82) is 0 Å². The van der Waals surface area contributed by atoms with Crippen LogP contribution in [0, 0.1) is 12.8 Å². The Morgan fingerprint density at radius 3 is 2.82 bits per heavy atom. The highest BCUT2D eigenvalue weighted by Gasteiger charge is 2.30. The van der Waals surface area contributed by atoms with E-state index in [1.165, 1.54) is 0 Å². The van der Waals surface area contributed by atoms with Gasteiger partial charge in [-0.2, -0.15) is 0 Å². The molecule has 1 N–H and O–H groups in total. The highest BCUT2D eigenvalue weighted by Crippen LogP contribution is 2.19. The second-order valence-electron chi connectivity index (χ2n) is 4.44. The summed E-state index contributed by atoms with van der Waals surface area (Å²) in [5.41, 5.74) is 1.98. The first-order valence-electron chi connectivity index (χ1n) is 5.69. The number of benzene rings is 1. The first-order chi connectivity index (χ1) is 8.08. The van der Waals surface area contributed by atoms with Crippen molar-refractivity contribution >= 4 is 17.5 Å². The van der Waals surface area contributed by atoms with Gasteiger partial charge in [0, 0.05) is 25.7 Å². The van der Waals surface area contributed by atoms with Crippen LogP contribution in [0.25, 0.3) is 0 Å². The summed E-state index contributed by atoms with van der Waals surface area (Å²) >= 11 is 0. The van der Waals surface area contributed by atoms with Crippen LogP contribution in [0.4, 0.5) is 5.69 Å². The second-order valence-corrected chi connectivity index (χ2v) is 4.44. The number of carbonyl (C=O) groups excluding carboxylic acids is 2. The largest absolute Gasteiger partial charge is 0.355 e. The molecule has 4 heteroatoms. The number of carbonyl (C=O) groups is 2. The summed E-state index contributed by atoms with van der Waals surface area (Å²) in [6.45, 7) is 2.44. The molecular formula is C13H16N2O2. The lowest BCUT2D eigenvalue weighted by Gasteiger charge is -2.20. The van der Waals surface area contributed by atoms with Gasteiger partial charge < -0.3 is 10.2 Å². The number of nitrogens with zero attached hydrogens (tertiary/aromatic N) is 1. The lowest BCUT2D eigenvalue weighted by atomic mass is 10.1. The number of hydrogen-bond acceptors (Lipinski definition) is 2. The molecule has 4 nitrogen and oxygen atoms in total. The predicted octanol–water partition coefficient (Wildman–Crippen LogP) is 1.09. The summed E-state index contributed by atoms with van der Waals surface area (Å²) in [7, 11) is 1.75. The molecule has 1 aliphatic rings. The molecule has 1 atom stereocenters. The summed E-state index contributed by atoms with van der Waals surface area (Å²) in [6.07, 6.45) is 0.301. The van der Waals surface area contributed by atoms with Crippen LogP contribution in [0.15, 0.2) is 24.3 Å². The summed E-state index contributed by atoms with van der Waals surface area (Å²) in [5, 5.41) is 2.68. The van der Waals surface area contributed by atoms with Crippen LogP contribution in [0.2, 0.25) is 0 Å². The van der Waals surface area contributed by atoms with Crippen LogP contribution in [0.3, 0.4) is 0 Å². The molecule has 0 radical (unpaired) electrons. The lowest BCUT2D eigenvalue weighted by Crippen LogP contribution is -2.33. The molecule has 90 valence electrons. The van der Waals surface area contributed by atoms with Gasteiger partial charge >= 0.3 is 0 Å². The van der Waals surface area contributed by atoms with E-state index in [9.17, 15) is 9.59 Å². The maximum Gasteiger partial charge on any atom is 0.232 e. The molecule has 1 fully saturated rings. The van der Waals surface area contributed by atoms with E-state index in [-0.39, 0.29) is 17.7 Å². The minimum atomic E-state index is -0.229. The Bertz CT molecular complexity index is 456. The molecule has 0 bridgehead atoms. The Hall–Kier alpha value is -1.84. The van der Waals surface area contributed by atoms with E-state index >= 15 is 0 Å². The zero-order chi connectivity index (χ0) is 12.4. The Balaban J connectivity index is 2.12. The van der Waals surface area contributed by atoms with E-state index < -0.39 is 0 Å². The van der Waals surface area contributed by atoms with Gasteiger partial charge in [-0.15, -0.1) is 0 Å². The fraction of sp³-hybridized carbons (Fsp3) is 0.385. The molecule has 17 heavy (non-hydrogen) atoms. The molecule has 1 heterocycles. The van der Waals surface area contributed by atoms with Gasteiger partial charge in [0.1, 0.15) is 0 Å². The zero-order valence-electron chi connectivity index (χ0n) is 10.1. The maximum atomic E-state index is 12.1. The van der Waals surface area contributed by atoms with E-state index in [0.29, 0.717) is 13.0 Å². The Morgan fingerprint density at radius 2 is 2.24 bits per heavy atom. The minimum absolute atomic E-state index is 0.00560. The number of anilines is 1. The van der Waals surface area contributed by atoms with Crippen molar-refractivity contribution in [3.05, 3.63) is 29.8 Å². The number of hydrogen-bond donors (Lipinski definition) is 1. The molecule has 2 amide bonds. The van der Waals surface area contributed by atoms with E-state index in [0.717, 1.165) is 11.3 Å². The molecule has 0 aromatic heterocycles. The highest BCUT2D eigenvalue weighted by molar-refractivity contribution is 5.98. The third-order valence-corrected chi connectivity index (χ3v) is 3.05. The SMILES string of the molecule is Cc1cccc(N(C)C(=O)C2CNC(=O)C2)c1. The Kier molecular flexibility index (Phi) is 3.13. The highest BCUT2D eigenvalue weighted by atomic mass is 16.2. The zero-order valence-corrected chi connectivity index (χ0v) is 10.1. The number of amides is 2. The van der Waals surface area contributed by atoms with Gasteiger partial charge in [-0.25, -0.2) is 0 Å². The summed E-state index contributed by atoms with van der Waals surface area (Å²) in [4.78, 5) is 24.8. The maximum absolute atomic E-state index is 12.1. The van der Waals surface area contributed by atoms with Crippen LogP contribution in [-0.2, 0) is 9.59 Å². The molecular weight excluding hydrogens is 216 g/mol. The van der Waals surface area contributed by atoms with Crippen LogP contribution >= 0.6 is 0 Å². The van der Waals surface area contributed by atoms with Gasteiger partial charge in [-0.1, -0.05) is 12.1 Å². The fourth-order valence-corrected chi connectivity index (χ4v) is 2.02. The second kappa shape index (κ2) is 4.57. The van der Waals surface area contributed by atoms with Crippen molar-refractivity contribution in [2.75, 3.05) is 18.5 Å². The number of nitrogens with one attached hydrogen (secondary N) is 1. The van der Waals surface area contributed by atoms with E-state index in [1.807, 2.05) is 31.2 Å². The van der Waals surface area contributed by atoms with E-state index in [2.05, 4.69) is 5.32 Å². The van der Waals surface area contributed by atoms with Crippen molar-refractivity contribution in [1.82, 2.24) is 5.32 Å². The number of aryl methyl sites for hydroxylation is 1. The Morgan fingerprint density at radius 1 is 1.47 bits per heavy atom. The quantitative estimate of drug-likeness (QED) is 0.830. The monoisotopic (exact) mass is 232 g/mol. The fourth-order valence-electron chi connectivity index (χ4n) is 2.02. The molecule has 1 aromatic carbocycles. The lowest BCUT2D eigenvalue weighted by molar-refractivity contribution is -0.124. The van der Waals surface area contributed by atoms with Crippen LogP contribution in [0.5, 0.6) is 0 Å². The van der Waals surface area contributed by atoms with Gasteiger partial charge in [0.05, 0.1) is 5.92 Å². The standard InChI is InChI=1S/C13H16N2O2/c1-9-4-3-5-11(6-9)15(2)13(17)10-7-12(16)14-8-10/h3-6,10H,7-8H2,1-2H3,(H,14,16). The van der Waals surface area contributed by atoms with Crippen molar-refractivity contribution in [3.63, 3.8) is 0 Å². The Labute approximate surface area is 101 Å². The van der Waals surface area contributed by atoms with Gasteiger partial charge in [0.25, 0.3) is 0 Å². The average Bonchev–Trinajstić information content (AvgIpc) is 2.74. The van der Waals surface area contributed by atoms with Crippen molar-refractivity contribution in [2.45, 2.75) is 13.3 Å². The predicted molar refractivity (Wildman–Crippen MR) is 65.7 cm³/mol. The third-order valence-electron chi connectivity index (χ3n) is 3.05. The molecule has 0 saturated carbocycles. The molecule has 2 rings (SSSR count). The van der Waals surface area contributed by atoms with Gasteiger partial charge in [0.2, 0.25) is 11.8 Å². The average molecular weight is 232 g/mol. The molecule has 1 aromatic rings. The normalized spacial score (nSPS) is 18.9. The first-order valence-corrected chi connectivity index (χ1v) is 5.69. The van der Waals surface area contributed by atoms with Crippen molar-refractivity contribution in [3.8, 4) is 0 Å². The smallest absolute Gasteiger partial charge is 0.232 e. The van der Waals surface area contributed by atoms with Crippen LogP contribution in [-0.4, -0.2) is 25.4 Å². The van der Waals surface area contributed by atoms with Gasteiger partial charge in [-0.05, 0) is 24.6 Å². The molecule has 1 aliphatic heterocycles. The van der Waals surface area contributed by atoms with E-state index in [1.54, 1.807) is 11.9 Å². The molecule has 0 aliphatic carbocycles. The van der Waals surface area contributed by atoms with E-state index in [4.69, 9.17) is 0 Å². The molecule has 1 unspecified atom stereocenters. The summed E-state index contributed by atoms with van der Waals surface area (Å²) in [5.74, 6) is -0.275. The van der Waals surface area contributed by atoms with Crippen molar-refractivity contribution in [2.24, 2.45) is 5.92 Å². The van der Waals surface area contributed by atoms with Crippen molar-refractivity contribution < 1.29 is 9.59 Å². The van der Waals surface area contributed by atoms with Gasteiger partial charge in [0.15, 0.2) is 0 Å². The third kappa shape index (κ3) is 2.46. The molecule has 1 saturated heterocycles. The first kappa shape index (κ1) is 11.6. The number of rotatable bonds is 2. The summed E-state index contributed by atoms with van der Waals surface area (Å²) < 4.78 is 0. The topological polar surface area (TPSA) is 49.4 Å². The molecule has 0 spiro atoms. The van der Waals surface area contributed by atoms with Gasteiger partial charge in [-0.3, -0.25) is 9.59 Å².